The van der Waals surface area contributed by atoms with E-state index in [2.05, 4.69) is 15.3 Å². The highest BCUT2D eigenvalue weighted by molar-refractivity contribution is 7.89. The number of benzene rings is 2. The number of nitrogens with one attached hydrogen (secondary N) is 1. The van der Waals surface area contributed by atoms with E-state index in [1.807, 2.05) is 36.4 Å². The molecule has 0 atom stereocenters. The third-order valence-corrected chi connectivity index (χ3v) is 8.20. The van der Waals surface area contributed by atoms with E-state index in [4.69, 9.17) is 11.6 Å². The minimum absolute atomic E-state index is 0.180. The number of anilines is 2. The molecule has 0 aliphatic carbocycles. The predicted octanol–water partition coefficient (Wildman–Crippen LogP) is 5.08. The van der Waals surface area contributed by atoms with Crippen LogP contribution in [0.4, 0.5) is 11.5 Å². The Labute approximate surface area is 191 Å². The van der Waals surface area contributed by atoms with Gasteiger partial charge in [-0.2, -0.15) is 4.31 Å². The Kier molecular flexibility index (Phi) is 5.33. The highest BCUT2D eigenvalue weighted by atomic mass is 35.5. The van der Waals surface area contributed by atoms with Gasteiger partial charge in [-0.3, -0.25) is 4.98 Å². The summed E-state index contributed by atoms with van der Waals surface area (Å²) in [6, 6.07) is 17.0. The third-order valence-electron chi connectivity index (χ3n) is 5.73. The molecule has 1 N–H and O–H groups in total. The lowest BCUT2D eigenvalue weighted by Crippen LogP contribution is -2.36. The molecule has 0 bridgehead atoms. The molecule has 8 heteroatoms. The van der Waals surface area contributed by atoms with Gasteiger partial charge in [-0.1, -0.05) is 41.9 Å². The molecule has 5 rings (SSSR count). The lowest BCUT2D eigenvalue weighted by molar-refractivity contribution is 0.391. The topological polar surface area (TPSA) is 75.2 Å². The van der Waals surface area contributed by atoms with Crippen molar-refractivity contribution in [3.63, 3.8) is 0 Å². The van der Waals surface area contributed by atoms with Crippen molar-refractivity contribution in [3.8, 4) is 0 Å². The van der Waals surface area contributed by atoms with Gasteiger partial charge in [-0.25, -0.2) is 13.4 Å². The van der Waals surface area contributed by atoms with E-state index in [-0.39, 0.29) is 16.5 Å². The monoisotopic (exact) mass is 464 g/mol. The summed E-state index contributed by atoms with van der Waals surface area (Å²) < 4.78 is 28.2. The molecule has 6 nitrogen and oxygen atoms in total. The van der Waals surface area contributed by atoms with Gasteiger partial charge in [-0.05, 0) is 48.7 Å². The van der Waals surface area contributed by atoms with Crippen LogP contribution in [0.3, 0.4) is 0 Å². The first kappa shape index (κ1) is 20.9. The molecule has 2 aromatic heterocycles. The Balaban J connectivity index is 1.44. The van der Waals surface area contributed by atoms with Crippen molar-refractivity contribution < 1.29 is 8.42 Å². The van der Waals surface area contributed by atoms with Gasteiger partial charge >= 0.3 is 0 Å². The summed E-state index contributed by atoms with van der Waals surface area (Å²) in [7, 11) is -3.71. The Morgan fingerprint density at radius 3 is 2.75 bits per heavy atom. The standard InChI is InChI=1S/C24H21ClN4O2S/c1-16-5-4-7-21(25)23(16)32(30,31)29-12-10-20-18(15-29)9-11-26-24(20)28-19-13-17-6-2-3-8-22(17)27-14-19/h2-9,11,13-14H,10,12,15H2,1H3,(H,26,28). The van der Waals surface area contributed by atoms with E-state index in [0.717, 1.165) is 33.5 Å². The van der Waals surface area contributed by atoms with Crippen LogP contribution in [0.2, 0.25) is 5.02 Å². The molecular weight excluding hydrogens is 444 g/mol. The van der Waals surface area contributed by atoms with Crippen LogP contribution in [0.5, 0.6) is 0 Å². The van der Waals surface area contributed by atoms with Gasteiger partial charge < -0.3 is 5.32 Å². The highest BCUT2D eigenvalue weighted by Gasteiger charge is 2.32. The maximum Gasteiger partial charge on any atom is 0.245 e. The van der Waals surface area contributed by atoms with Crippen molar-refractivity contribution in [2.45, 2.75) is 24.8 Å². The summed E-state index contributed by atoms with van der Waals surface area (Å²) in [6.45, 7) is 2.39. The Bertz CT molecular complexity index is 1420. The Morgan fingerprint density at radius 1 is 1.06 bits per heavy atom. The summed E-state index contributed by atoms with van der Waals surface area (Å²) in [5.41, 5.74) is 4.35. The summed E-state index contributed by atoms with van der Waals surface area (Å²) >= 11 is 6.26. The molecule has 0 saturated heterocycles. The average molecular weight is 465 g/mol. The van der Waals surface area contributed by atoms with Crippen LogP contribution in [-0.2, 0) is 23.0 Å². The number of fused-ring (bicyclic) bond motifs is 2. The molecule has 32 heavy (non-hydrogen) atoms. The van der Waals surface area contributed by atoms with Crippen molar-refractivity contribution >= 4 is 44.0 Å². The number of para-hydroxylation sites is 1. The fraction of sp³-hybridized carbons (Fsp3) is 0.167. The molecule has 0 saturated carbocycles. The molecule has 0 spiro atoms. The number of rotatable bonds is 4. The van der Waals surface area contributed by atoms with E-state index >= 15 is 0 Å². The second-order valence-corrected chi connectivity index (χ2v) is 10.1. The first-order chi connectivity index (χ1) is 15.4. The van der Waals surface area contributed by atoms with Gasteiger partial charge in [0, 0.05) is 30.2 Å². The van der Waals surface area contributed by atoms with Gasteiger partial charge in [0.2, 0.25) is 10.0 Å². The zero-order valence-corrected chi connectivity index (χ0v) is 19.0. The fourth-order valence-electron chi connectivity index (χ4n) is 4.13. The maximum atomic E-state index is 13.3. The minimum atomic E-state index is -3.71. The lowest BCUT2D eigenvalue weighted by atomic mass is 10.0. The first-order valence-corrected chi connectivity index (χ1v) is 12.1. The Morgan fingerprint density at radius 2 is 1.91 bits per heavy atom. The van der Waals surface area contributed by atoms with E-state index in [1.165, 1.54) is 4.31 Å². The van der Waals surface area contributed by atoms with Crippen LogP contribution in [0.1, 0.15) is 16.7 Å². The normalized spacial score (nSPS) is 14.3. The van der Waals surface area contributed by atoms with Crippen molar-refractivity contribution in [3.05, 3.63) is 88.7 Å². The van der Waals surface area contributed by atoms with Gasteiger partial charge in [0.05, 0.1) is 22.4 Å². The molecular formula is C24H21ClN4O2S. The smallest absolute Gasteiger partial charge is 0.245 e. The molecule has 3 heterocycles. The number of sulfonamides is 1. The number of aromatic nitrogens is 2. The molecule has 1 aliphatic rings. The molecule has 0 amide bonds. The number of aryl methyl sites for hydroxylation is 1. The molecule has 0 fully saturated rings. The van der Waals surface area contributed by atoms with Crippen LogP contribution < -0.4 is 5.32 Å². The van der Waals surface area contributed by atoms with E-state index in [1.54, 1.807) is 37.5 Å². The van der Waals surface area contributed by atoms with Crippen LogP contribution in [0, 0.1) is 6.92 Å². The number of hydrogen-bond donors (Lipinski definition) is 1. The van der Waals surface area contributed by atoms with Crippen molar-refractivity contribution in [2.24, 2.45) is 0 Å². The van der Waals surface area contributed by atoms with Gasteiger partial charge in [0.15, 0.2) is 0 Å². The fourth-order valence-corrected chi connectivity index (χ4v) is 6.33. The van der Waals surface area contributed by atoms with Crippen molar-refractivity contribution in [1.82, 2.24) is 14.3 Å². The largest absolute Gasteiger partial charge is 0.339 e. The van der Waals surface area contributed by atoms with Gasteiger partial charge in [0.25, 0.3) is 0 Å². The molecule has 1 aliphatic heterocycles. The van der Waals surface area contributed by atoms with Crippen LogP contribution in [-0.4, -0.2) is 29.2 Å². The molecule has 4 aromatic rings. The van der Waals surface area contributed by atoms with Crippen LogP contribution in [0.15, 0.2) is 71.9 Å². The summed E-state index contributed by atoms with van der Waals surface area (Å²) in [4.78, 5) is 9.19. The quantitative estimate of drug-likeness (QED) is 0.455. The van der Waals surface area contributed by atoms with Gasteiger partial charge in [0.1, 0.15) is 10.7 Å². The third kappa shape index (κ3) is 3.72. The predicted molar refractivity (Wildman–Crippen MR) is 127 cm³/mol. The van der Waals surface area contributed by atoms with Crippen molar-refractivity contribution in [1.29, 1.82) is 0 Å². The maximum absolute atomic E-state index is 13.3. The number of halogens is 1. The van der Waals surface area contributed by atoms with E-state index < -0.39 is 10.0 Å². The first-order valence-electron chi connectivity index (χ1n) is 10.3. The highest BCUT2D eigenvalue weighted by Crippen LogP contribution is 2.33. The summed E-state index contributed by atoms with van der Waals surface area (Å²) in [6.07, 6.45) is 4.03. The minimum Gasteiger partial charge on any atom is -0.339 e. The van der Waals surface area contributed by atoms with E-state index in [9.17, 15) is 8.42 Å². The average Bonchev–Trinajstić information content (AvgIpc) is 2.78. The number of hydrogen-bond acceptors (Lipinski definition) is 5. The van der Waals surface area contributed by atoms with E-state index in [0.29, 0.717) is 18.5 Å². The van der Waals surface area contributed by atoms with Gasteiger partial charge in [-0.15, -0.1) is 0 Å². The number of pyridine rings is 2. The number of nitrogens with zero attached hydrogens (tertiary/aromatic N) is 3. The Hall–Kier alpha value is -3.00. The molecule has 0 radical (unpaired) electrons. The van der Waals surface area contributed by atoms with Crippen molar-refractivity contribution in [2.75, 3.05) is 11.9 Å². The molecule has 162 valence electrons. The molecule has 0 unspecified atom stereocenters. The second-order valence-electron chi connectivity index (χ2n) is 7.81. The molecule has 2 aromatic carbocycles. The SMILES string of the molecule is Cc1cccc(Cl)c1S(=O)(=O)N1CCc2c(ccnc2Nc2cnc3ccccc3c2)C1. The summed E-state index contributed by atoms with van der Waals surface area (Å²) in [5.74, 6) is 0.727. The second kappa shape index (κ2) is 8.16. The lowest BCUT2D eigenvalue weighted by Gasteiger charge is -2.29. The van der Waals surface area contributed by atoms with Crippen LogP contribution in [0.25, 0.3) is 10.9 Å². The zero-order chi connectivity index (χ0) is 22.3. The summed E-state index contributed by atoms with van der Waals surface area (Å²) in [5, 5.41) is 4.65. The zero-order valence-electron chi connectivity index (χ0n) is 17.4. The van der Waals surface area contributed by atoms with Crippen LogP contribution >= 0.6 is 11.6 Å².